The van der Waals surface area contributed by atoms with Crippen molar-refractivity contribution in [2.45, 2.75) is 52.9 Å². The molecule has 3 rings (SSSR count). The lowest BCUT2D eigenvalue weighted by Gasteiger charge is -2.23. The Morgan fingerprint density at radius 2 is 2.12 bits per heavy atom. The lowest BCUT2D eigenvalue weighted by molar-refractivity contribution is 0.507. The molecule has 0 saturated heterocycles. The second kappa shape index (κ2) is 6.38. The van der Waals surface area contributed by atoms with Crippen LogP contribution in [0.2, 0.25) is 0 Å². The van der Waals surface area contributed by atoms with E-state index in [4.69, 9.17) is 5.41 Å². The summed E-state index contributed by atoms with van der Waals surface area (Å²) in [5.74, 6) is 0. The van der Waals surface area contributed by atoms with E-state index in [-0.39, 0.29) is 5.41 Å². The van der Waals surface area contributed by atoms with Crippen LogP contribution in [0.5, 0.6) is 0 Å². The lowest BCUT2D eigenvalue weighted by atomic mass is 9.81. The molecule has 1 aromatic heterocycles. The zero-order chi connectivity index (χ0) is 18.4. The second-order valence-corrected chi connectivity index (χ2v) is 8.45. The van der Waals surface area contributed by atoms with Crippen molar-refractivity contribution in [1.29, 1.82) is 5.41 Å². The third-order valence-electron chi connectivity index (χ3n) is 5.28. The van der Waals surface area contributed by atoms with E-state index < -0.39 is 0 Å². The molecule has 0 atom stereocenters. The molecule has 0 unspecified atom stereocenters. The Bertz CT molecular complexity index is 938. The number of benzene rings is 1. The largest absolute Gasteiger partial charge is 0.299 e. The van der Waals surface area contributed by atoms with Gasteiger partial charge < -0.3 is 0 Å². The number of nitrogens with zero attached hydrogens (tertiary/aromatic N) is 1. The standard InChI is InChI=1S/C22H26N2S/c1-7-22(5,6)14-9-10-15-16-12-17(24-8-2)19(13(3)4)20(23)21(16)25-18(15)11-14/h8-11,23H,3,7,12H2,1-2,4-6H3/b23-20?,24-8-. The molecule has 1 aliphatic carbocycles. The van der Waals surface area contributed by atoms with Gasteiger partial charge in [0.05, 0.1) is 16.3 Å². The summed E-state index contributed by atoms with van der Waals surface area (Å²) >= 11 is 1.74. The zero-order valence-electron chi connectivity index (χ0n) is 15.8. The monoisotopic (exact) mass is 350 g/mol. The van der Waals surface area contributed by atoms with Crippen molar-refractivity contribution in [3.63, 3.8) is 0 Å². The third kappa shape index (κ3) is 2.91. The fourth-order valence-electron chi connectivity index (χ4n) is 3.39. The van der Waals surface area contributed by atoms with E-state index in [2.05, 4.69) is 50.5 Å². The zero-order valence-corrected chi connectivity index (χ0v) is 16.6. The van der Waals surface area contributed by atoms with Gasteiger partial charge in [0.1, 0.15) is 0 Å². The molecule has 1 heterocycles. The summed E-state index contributed by atoms with van der Waals surface area (Å²) in [5.41, 5.74) is 6.15. The van der Waals surface area contributed by atoms with Crippen LogP contribution in [-0.2, 0) is 11.8 Å². The van der Waals surface area contributed by atoms with E-state index in [0.29, 0.717) is 5.71 Å². The minimum atomic E-state index is 0.172. The van der Waals surface area contributed by atoms with Gasteiger partial charge in [-0.1, -0.05) is 39.5 Å². The number of thiophene rings is 1. The maximum Gasteiger partial charge on any atom is 0.0808 e. The summed E-state index contributed by atoms with van der Waals surface area (Å²) in [6.07, 6.45) is 3.70. The maximum absolute atomic E-state index is 8.73. The topological polar surface area (TPSA) is 36.2 Å². The predicted molar refractivity (Wildman–Crippen MR) is 112 cm³/mol. The first-order valence-corrected chi connectivity index (χ1v) is 9.64. The average molecular weight is 351 g/mol. The first-order valence-electron chi connectivity index (χ1n) is 8.83. The molecule has 130 valence electrons. The molecule has 0 amide bonds. The van der Waals surface area contributed by atoms with Crippen molar-refractivity contribution in [2.24, 2.45) is 4.99 Å². The normalized spacial score (nSPS) is 15.3. The number of rotatable bonds is 4. The molecular formula is C22H26N2S. The average Bonchev–Trinajstić information content (AvgIpc) is 2.93. The van der Waals surface area contributed by atoms with Crippen LogP contribution in [0.1, 0.15) is 57.0 Å². The summed E-state index contributed by atoms with van der Waals surface area (Å²) in [4.78, 5) is 5.63. The Hall–Kier alpha value is -2.00. The molecule has 2 nitrogen and oxygen atoms in total. The summed E-state index contributed by atoms with van der Waals surface area (Å²) < 4.78 is 1.27. The maximum atomic E-state index is 8.73. The van der Waals surface area contributed by atoms with Crippen LogP contribution in [-0.4, -0.2) is 11.9 Å². The van der Waals surface area contributed by atoms with Gasteiger partial charge in [0, 0.05) is 22.9 Å². The van der Waals surface area contributed by atoms with E-state index in [0.717, 1.165) is 34.6 Å². The van der Waals surface area contributed by atoms with E-state index in [9.17, 15) is 0 Å². The molecular weight excluding hydrogens is 324 g/mol. The molecule has 0 bridgehead atoms. The minimum Gasteiger partial charge on any atom is -0.299 e. The highest BCUT2D eigenvalue weighted by Crippen LogP contribution is 2.41. The summed E-state index contributed by atoms with van der Waals surface area (Å²) in [5, 5.41) is 10.00. The van der Waals surface area contributed by atoms with Crippen LogP contribution < -0.4 is 0 Å². The van der Waals surface area contributed by atoms with Gasteiger partial charge in [0.15, 0.2) is 0 Å². The van der Waals surface area contributed by atoms with Crippen molar-refractivity contribution in [2.75, 3.05) is 0 Å². The Labute approximate surface area is 154 Å². The summed E-state index contributed by atoms with van der Waals surface area (Å²) in [6.45, 7) is 14.8. The van der Waals surface area contributed by atoms with Crippen LogP contribution in [0.25, 0.3) is 10.1 Å². The third-order valence-corrected chi connectivity index (χ3v) is 6.49. The van der Waals surface area contributed by atoms with Gasteiger partial charge in [-0.25, -0.2) is 0 Å². The molecule has 3 heteroatoms. The number of nitrogens with one attached hydrogen (secondary N) is 1. The fraction of sp³-hybridized carbons (Fsp3) is 0.364. The number of aliphatic imine (C=N–C) groups is 1. The molecule has 1 N–H and O–H groups in total. The Morgan fingerprint density at radius 1 is 1.40 bits per heavy atom. The Balaban J connectivity index is 2.19. The Kier molecular flexibility index (Phi) is 4.54. The van der Waals surface area contributed by atoms with Gasteiger partial charge >= 0.3 is 0 Å². The quantitative estimate of drug-likeness (QED) is 0.617. The van der Waals surface area contributed by atoms with E-state index >= 15 is 0 Å². The number of hydrogen-bond acceptors (Lipinski definition) is 3. The minimum absolute atomic E-state index is 0.172. The lowest BCUT2D eigenvalue weighted by Crippen LogP contribution is -2.15. The predicted octanol–water partition coefficient (Wildman–Crippen LogP) is 6.43. The van der Waals surface area contributed by atoms with Gasteiger partial charge in [-0.3, -0.25) is 10.4 Å². The molecule has 0 radical (unpaired) electrons. The van der Waals surface area contributed by atoms with Gasteiger partial charge in [-0.05, 0) is 53.8 Å². The summed E-state index contributed by atoms with van der Waals surface area (Å²) in [6, 6.07) is 6.81. The first kappa shape index (κ1) is 17.8. The van der Waals surface area contributed by atoms with Gasteiger partial charge in [0.25, 0.3) is 0 Å². The fourth-order valence-corrected chi connectivity index (χ4v) is 4.61. The molecule has 0 saturated carbocycles. The molecule has 1 aromatic carbocycles. The van der Waals surface area contributed by atoms with Gasteiger partial charge in [-0.15, -0.1) is 11.3 Å². The van der Waals surface area contributed by atoms with Gasteiger partial charge in [-0.2, -0.15) is 0 Å². The van der Waals surface area contributed by atoms with E-state index in [1.54, 1.807) is 11.3 Å². The summed E-state index contributed by atoms with van der Waals surface area (Å²) in [7, 11) is 0. The van der Waals surface area contributed by atoms with Crippen molar-refractivity contribution in [3.8, 4) is 0 Å². The number of allylic oxidation sites excluding steroid dienone is 3. The van der Waals surface area contributed by atoms with Crippen molar-refractivity contribution >= 4 is 33.3 Å². The van der Waals surface area contributed by atoms with Crippen molar-refractivity contribution < 1.29 is 0 Å². The number of fused-ring (bicyclic) bond motifs is 3. The molecule has 2 aromatic rings. The smallest absolute Gasteiger partial charge is 0.0808 e. The molecule has 1 aliphatic rings. The molecule has 0 aliphatic heterocycles. The van der Waals surface area contributed by atoms with Crippen molar-refractivity contribution in [3.05, 3.63) is 57.6 Å². The highest BCUT2D eigenvalue weighted by atomic mass is 32.1. The number of hydrogen-bond donors (Lipinski definition) is 1. The van der Waals surface area contributed by atoms with Crippen LogP contribution >= 0.6 is 11.3 Å². The SMILES string of the molecule is C=C(C)C1=C(/N=C\C)Cc2c(sc3cc(C(C)(C)CC)ccc23)C1=N. The van der Waals surface area contributed by atoms with E-state index in [1.165, 1.54) is 21.2 Å². The van der Waals surface area contributed by atoms with Crippen LogP contribution in [0.3, 0.4) is 0 Å². The second-order valence-electron chi connectivity index (χ2n) is 7.40. The highest BCUT2D eigenvalue weighted by molar-refractivity contribution is 7.21. The van der Waals surface area contributed by atoms with Crippen LogP contribution in [0.4, 0.5) is 0 Å². The van der Waals surface area contributed by atoms with Gasteiger partial charge in [0.2, 0.25) is 0 Å². The molecule has 25 heavy (non-hydrogen) atoms. The van der Waals surface area contributed by atoms with Crippen molar-refractivity contribution in [1.82, 2.24) is 0 Å². The molecule has 0 fully saturated rings. The Morgan fingerprint density at radius 3 is 2.72 bits per heavy atom. The van der Waals surface area contributed by atoms with E-state index in [1.807, 2.05) is 20.1 Å². The van der Waals surface area contributed by atoms with Crippen LogP contribution in [0, 0.1) is 5.41 Å². The first-order chi connectivity index (χ1) is 11.8. The van der Waals surface area contributed by atoms with Crippen LogP contribution in [0.15, 0.2) is 46.6 Å². The highest BCUT2D eigenvalue weighted by Gasteiger charge is 2.28. The molecule has 0 spiro atoms.